The molecule has 0 radical (unpaired) electrons. The summed E-state index contributed by atoms with van der Waals surface area (Å²) in [5.74, 6) is 3.10. The SMILES string of the molecule is CC.CC(=O)N1CCC(C)C1.CCC1CCC(CC)C1. The molecule has 1 aliphatic heterocycles. The number of carbonyl (C=O) groups is 1. The highest BCUT2D eigenvalue weighted by Crippen LogP contribution is 2.34. The van der Waals surface area contributed by atoms with Gasteiger partial charge in [-0.1, -0.05) is 60.3 Å². The van der Waals surface area contributed by atoms with Crippen LogP contribution in [0.4, 0.5) is 0 Å². The van der Waals surface area contributed by atoms with E-state index in [4.69, 9.17) is 0 Å². The number of hydrogen-bond donors (Lipinski definition) is 0. The summed E-state index contributed by atoms with van der Waals surface area (Å²) in [6.07, 6.45) is 8.55. The van der Waals surface area contributed by atoms with Crippen LogP contribution in [0.15, 0.2) is 0 Å². The maximum Gasteiger partial charge on any atom is 0.219 e. The first kappa shape index (κ1) is 19.5. The Kier molecular flexibility index (Phi) is 10.9. The van der Waals surface area contributed by atoms with Gasteiger partial charge in [0.05, 0.1) is 0 Å². The third-order valence-corrected chi connectivity index (χ3v) is 4.67. The van der Waals surface area contributed by atoms with Gasteiger partial charge in [0.1, 0.15) is 0 Å². The smallest absolute Gasteiger partial charge is 0.219 e. The van der Waals surface area contributed by atoms with E-state index in [0.717, 1.165) is 24.9 Å². The van der Waals surface area contributed by atoms with Crippen molar-refractivity contribution in [3.8, 4) is 0 Å². The van der Waals surface area contributed by atoms with Crippen molar-refractivity contribution in [2.75, 3.05) is 13.1 Å². The first-order valence-electron chi connectivity index (χ1n) is 8.82. The zero-order chi connectivity index (χ0) is 15.5. The van der Waals surface area contributed by atoms with E-state index in [1.165, 1.54) is 38.5 Å². The predicted molar refractivity (Wildman–Crippen MR) is 88.8 cm³/mol. The van der Waals surface area contributed by atoms with Crippen molar-refractivity contribution in [2.45, 2.75) is 80.1 Å². The highest BCUT2D eigenvalue weighted by Gasteiger charge is 2.21. The van der Waals surface area contributed by atoms with Gasteiger partial charge in [-0.3, -0.25) is 4.79 Å². The molecule has 2 nitrogen and oxygen atoms in total. The molecular weight excluding hydrogens is 246 g/mol. The Morgan fingerprint density at radius 3 is 1.75 bits per heavy atom. The van der Waals surface area contributed by atoms with Crippen LogP contribution in [0.2, 0.25) is 0 Å². The van der Waals surface area contributed by atoms with Gasteiger partial charge in [-0.15, -0.1) is 0 Å². The monoisotopic (exact) mass is 283 g/mol. The second kappa shape index (κ2) is 11.2. The lowest BCUT2D eigenvalue weighted by molar-refractivity contribution is -0.127. The first-order valence-corrected chi connectivity index (χ1v) is 8.82. The zero-order valence-electron chi connectivity index (χ0n) is 14.7. The molecule has 1 saturated heterocycles. The Hall–Kier alpha value is -0.530. The van der Waals surface area contributed by atoms with Crippen LogP contribution in [0.1, 0.15) is 80.1 Å². The van der Waals surface area contributed by atoms with Crippen LogP contribution in [0, 0.1) is 17.8 Å². The fraction of sp³-hybridized carbons (Fsp3) is 0.944. The molecule has 1 saturated carbocycles. The number of hydrogen-bond acceptors (Lipinski definition) is 1. The largest absolute Gasteiger partial charge is 0.343 e. The Bertz CT molecular complexity index is 242. The standard InChI is InChI=1S/C9H18.C7H13NO.C2H6/c1-3-8-5-6-9(4-2)7-8;1-6-3-4-8(5-6)7(2)9;1-2/h8-9H,3-7H2,1-2H3;6H,3-5H2,1-2H3;1-2H3. The molecule has 2 fully saturated rings. The predicted octanol–water partition coefficient (Wildman–Crippen LogP) is 5.12. The summed E-state index contributed by atoms with van der Waals surface area (Å²) in [4.78, 5) is 12.6. The van der Waals surface area contributed by atoms with Crippen molar-refractivity contribution in [1.29, 1.82) is 0 Å². The van der Waals surface area contributed by atoms with E-state index >= 15 is 0 Å². The van der Waals surface area contributed by atoms with E-state index < -0.39 is 0 Å². The number of nitrogens with zero attached hydrogens (tertiary/aromatic N) is 1. The van der Waals surface area contributed by atoms with Crippen LogP contribution >= 0.6 is 0 Å². The molecule has 0 aromatic carbocycles. The second-order valence-corrected chi connectivity index (χ2v) is 6.22. The molecule has 20 heavy (non-hydrogen) atoms. The molecule has 2 rings (SSSR count). The summed E-state index contributed by atoms with van der Waals surface area (Å²) >= 11 is 0. The normalized spacial score (nSPS) is 28.3. The van der Waals surface area contributed by atoms with Crippen molar-refractivity contribution >= 4 is 5.91 Å². The van der Waals surface area contributed by atoms with Crippen LogP contribution in [-0.2, 0) is 4.79 Å². The summed E-state index contributed by atoms with van der Waals surface area (Å²) in [6, 6.07) is 0. The third-order valence-electron chi connectivity index (χ3n) is 4.67. The summed E-state index contributed by atoms with van der Waals surface area (Å²) in [5, 5.41) is 0. The van der Waals surface area contributed by atoms with Crippen molar-refractivity contribution in [1.82, 2.24) is 4.90 Å². The number of carbonyl (C=O) groups excluding carboxylic acids is 1. The lowest BCUT2D eigenvalue weighted by Gasteiger charge is -2.11. The molecule has 1 amide bonds. The number of rotatable bonds is 2. The lowest BCUT2D eigenvalue weighted by Crippen LogP contribution is -2.25. The molecule has 2 heteroatoms. The topological polar surface area (TPSA) is 20.3 Å². The minimum atomic E-state index is 0.222. The molecule has 1 aliphatic carbocycles. The van der Waals surface area contributed by atoms with Crippen LogP contribution < -0.4 is 0 Å². The van der Waals surface area contributed by atoms with Crippen molar-refractivity contribution in [3.05, 3.63) is 0 Å². The van der Waals surface area contributed by atoms with Gasteiger partial charge in [0.25, 0.3) is 0 Å². The quantitative estimate of drug-likeness (QED) is 0.688. The van der Waals surface area contributed by atoms with E-state index in [1.807, 2.05) is 18.7 Å². The summed E-state index contributed by atoms with van der Waals surface area (Å²) < 4.78 is 0. The van der Waals surface area contributed by atoms with E-state index in [2.05, 4.69) is 20.8 Å². The molecule has 0 N–H and O–H groups in total. The van der Waals surface area contributed by atoms with Gasteiger partial charge in [0, 0.05) is 20.0 Å². The second-order valence-electron chi connectivity index (χ2n) is 6.22. The molecule has 120 valence electrons. The fourth-order valence-corrected chi connectivity index (χ4v) is 3.14. The highest BCUT2D eigenvalue weighted by molar-refractivity contribution is 5.73. The van der Waals surface area contributed by atoms with Crippen LogP contribution in [-0.4, -0.2) is 23.9 Å². The average molecular weight is 284 g/mol. The Morgan fingerprint density at radius 1 is 1.05 bits per heavy atom. The Labute approximate surface area is 127 Å². The van der Waals surface area contributed by atoms with Crippen LogP contribution in [0.25, 0.3) is 0 Å². The van der Waals surface area contributed by atoms with Gasteiger partial charge in [-0.25, -0.2) is 0 Å². The van der Waals surface area contributed by atoms with Crippen molar-refractivity contribution in [2.24, 2.45) is 17.8 Å². The zero-order valence-corrected chi connectivity index (χ0v) is 14.7. The summed E-state index contributed by atoms with van der Waals surface area (Å²) in [6.45, 7) is 14.4. The van der Waals surface area contributed by atoms with Gasteiger partial charge in [0.2, 0.25) is 5.91 Å². The molecule has 0 bridgehead atoms. The van der Waals surface area contributed by atoms with Gasteiger partial charge in [-0.2, -0.15) is 0 Å². The van der Waals surface area contributed by atoms with Gasteiger partial charge in [-0.05, 0) is 30.6 Å². The Morgan fingerprint density at radius 2 is 1.55 bits per heavy atom. The first-order chi connectivity index (χ1) is 9.56. The van der Waals surface area contributed by atoms with E-state index in [0.29, 0.717) is 5.92 Å². The summed E-state index contributed by atoms with van der Waals surface area (Å²) in [5.41, 5.74) is 0. The maximum absolute atomic E-state index is 10.7. The third kappa shape index (κ3) is 7.31. The van der Waals surface area contributed by atoms with E-state index in [1.54, 1.807) is 6.92 Å². The molecule has 3 atom stereocenters. The number of likely N-dealkylation sites (tertiary alicyclic amines) is 1. The molecule has 3 unspecified atom stereocenters. The molecule has 0 aromatic heterocycles. The van der Waals surface area contributed by atoms with Gasteiger partial charge >= 0.3 is 0 Å². The van der Waals surface area contributed by atoms with Crippen LogP contribution in [0.5, 0.6) is 0 Å². The molecule has 0 spiro atoms. The average Bonchev–Trinajstić information content (AvgIpc) is 3.10. The minimum Gasteiger partial charge on any atom is -0.343 e. The van der Waals surface area contributed by atoms with E-state index in [-0.39, 0.29) is 5.91 Å². The number of amides is 1. The fourth-order valence-electron chi connectivity index (χ4n) is 3.14. The molecule has 1 heterocycles. The molecular formula is C18H37NO. The van der Waals surface area contributed by atoms with E-state index in [9.17, 15) is 4.79 Å². The maximum atomic E-state index is 10.7. The van der Waals surface area contributed by atoms with Gasteiger partial charge in [0.15, 0.2) is 0 Å². The molecule has 0 aromatic rings. The molecule has 2 aliphatic rings. The highest BCUT2D eigenvalue weighted by atomic mass is 16.2. The minimum absolute atomic E-state index is 0.222. The lowest BCUT2D eigenvalue weighted by atomic mass is 10.0. The van der Waals surface area contributed by atoms with Crippen molar-refractivity contribution in [3.63, 3.8) is 0 Å². The van der Waals surface area contributed by atoms with Gasteiger partial charge < -0.3 is 4.90 Å². The Balaban J connectivity index is 0.000000321. The summed E-state index contributed by atoms with van der Waals surface area (Å²) in [7, 11) is 0. The van der Waals surface area contributed by atoms with Crippen molar-refractivity contribution < 1.29 is 4.79 Å². The van der Waals surface area contributed by atoms with Crippen LogP contribution in [0.3, 0.4) is 0 Å².